The van der Waals surface area contributed by atoms with Gasteiger partial charge in [0.1, 0.15) is 11.5 Å². The summed E-state index contributed by atoms with van der Waals surface area (Å²) in [7, 11) is -4.03. The molecule has 0 fully saturated rings. The van der Waals surface area contributed by atoms with E-state index in [-0.39, 0.29) is 37.9 Å². The lowest BCUT2D eigenvalue weighted by Gasteiger charge is -2.11. The molecule has 3 aromatic rings. The standard InChI is InChI=1S/C23H20Cl2N2O5S/c1-13(2)23(29)27-15-6-8-16(9-7-15)32-17-5-3-4-14(10-17)22(28)21-19(24)11-18(12-20(21)25)33(26,30)31/h3-13H,1-2H3,(H,27,29)(H2,26,30,31). The molecule has 0 saturated heterocycles. The van der Waals surface area contributed by atoms with Crippen LogP contribution in [0.1, 0.15) is 29.8 Å². The number of nitrogens with one attached hydrogen (secondary N) is 1. The zero-order chi connectivity index (χ0) is 24.3. The van der Waals surface area contributed by atoms with Gasteiger partial charge in [-0.3, -0.25) is 9.59 Å². The molecule has 0 saturated carbocycles. The highest BCUT2D eigenvalue weighted by molar-refractivity contribution is 7.89. The van der Waals surface area contributed by atoms with Gasteiger partial charge in [0, 0.05) is 17.2 Å². The van der Waals surface area contributed by atoms with Crippen molar-refractivity contribution in [1.29, 1.82) is 0 Å². The molecule has 0 aromatic heterocycles. The molecule has 3 N–H and O–H groups in total. The fourth-order valence-corrected chi connectivity index (χ4v) is 4.16. The summed E-state index contributed by atoms with van der Waals surface area (Å²) in [6.45, 7) is 3.60. The predicted molar refractivity (Wildman–Crippen MR) is 128 cm³/mol. The van der Waals surface area contributed by atoms with Crippen LogP contribution in [0.5, 0.6) is 11.5 Å². The quantitative estimate of drug-likeness (QED) is 0.424. The van der Waals surface area contributed by atoms with Gasteiger partial charge in [0.25, 0.3) is 0 Å². The Morgan fingerprint density at radius 1 is 0.939 bits per heavy atom. The third-order valence-corrected chi connectivity index (χ3v) is 6.04. The third kappa shape index (κ3) is 6.11. The largest absolute Gasteiger partial charge is 0.457 e. The maximum absolute atomic E-state index is 13.0. The summed E-state index contributed by atoms with van der Waals surface area (Å²) < 4.78 is 28.9. The van der Waals surface area contributed by atoms with Crippen LogP contribution in [0.4, 0.5) is 5.69 Å². The molecule has 10 heteroatoms. The van der Waals surface area contributed by atoms with E-state index in [1.807, 2.05) is 0 Å². The third-order valence-electron chi connectivity index (χ3n) is 4.55. The number of anilines is 1. The van der Waals surface area contributed by atoms with Gasteiger partial charge in [-0.15, -0.1) is 0 Å². The molecule has 0 aliphatic heterocycles. The maximum atomic E-state index is 13.0. The molecular formula is C23H20Cl2N2O5S. The van der Waals surface area contributed by atoms with Crippen molar-refractivity contribution in [2.24, 2.45) is 11.1 Å². The van der Waals surface area contributed by atoms with E-state index in [2.05, 4.69) is 5.32 Å². The number of primary sulfonamides is 1. The summed E-state index contributed by atoms with van der Waals surface area (Å²) >= 11 is 12.3. The first-order chi connectivity index (χ1) is 15.5. The van der Waals surface area contributed by atoms with Gasteiger partial charge in [0.2, 0.25) is 15.9 Å². The second-order valence-corrected chi connectivity index (χ2v) is 9.81. The van der Waals surface area contributed by atoms with E-state index in [1.165, 1.54) is 6.07 Å². The zero-order valence-electron chi connectivity index (χ0n) is 17.6. The van der Waals surface area contributed by atoms with Crippen LogP contribution in [0.25, 0.3) is 0 Å². The molecule has 0 unspecified atom stereocenters. The van der Waals surface area contributed by atoms with Gasteiger partial charge < -0.3 is 10.1 Å². The van der Waals surface area contributed by atoms with Gasteiger partial charge >= 0.3 is 0 Å². The second-order valence-electron chi connectivity index (χ2n) is 7.43. The average molecular weight is 507 g/mol. The highest BCUT2D eigenvalue weighted by atomic mass is 35.5. The van der Waals surface area contributed by atoms with Gasteiger partial charge in [-0.05, 0) is 48.5 Å². The predicted octanol–water partition coefficient (Wildman–Crippen LogP) is 5.26. The number of rotatable bonds is 7. The fraction of sp³-hybridized carbons (Fsp3) is 0.130. The lowest BCUT2D eigenvalue weighted by atomic mass is 10.0. The summed E-state index contributed by atoms with van der Waals surface area (Å²) in [4.78, 5) is 24.5. The maximum Gasteiger partial charge on any atom is 0.238 e. The lowest BCUT2D eigenvalue weighted by molar-refractivity contribution is -0.118. The van der Waals surface area contributed by atoms with Crippen LogP contribution in [0.15, 0.2) is 65.6 Å². The smallest absolute Gasteiger partial charge is 0.238 e. The first-order valence-electron chi connectivity index (χ1n) is 9.71. The van der Waals surface area contributed by atoms with E-state index in [4.69, 9.17) is 33.1 Å². The van der Waals surface area contributed by atoms with Crippen LogP contribution in [0.3, 0.4) is 0 Å². The monoisotopic (exact) mass is 506 g/mol. The number of amides is 1. The van der Waals surface area contributed by atoms with Crippen LogP contribution in [-0.2, 0) is 14.8 Å². The molecule has 3 rings (SSSR count). The number of carbonyl (C=O) groups is 2. The molecule has 7 nitrogen and oxygen atoms in total. The molecule has 0 atom stereocenters. The zero-order valence-corrected chi connectivity index (χ0v) is 20.0. The number of ether oxygens (including phenoxy) is 1. The molecule has 1 amide bonds. The summed E-state index contributed by atoms with van der Waals surface area (Å²) in [5.74, 6) is 0.135. The molecule has 0 aliphatic rings. The van der Waals surface area contributed by atoms with Gasteiger partial charge in [0.05, 0.1) is 20.5 Å². The van der Waals surface area contributed by atoms with E-state index in [1.54, 1.807) is 56.3 Å². The van der Waals surface area contributed by atoms with Crippen molar-refractivity contribution >= 4 is 50.6 Å². The Kier molecular flexibility index (Phi) is 7.44. The average Bonchev–Trinajstić information content (AvgIpc) is 2.74. The summed E-state index contributed by atoms with van der Waals surface area (Å²) in [5.41, 5.74) is 0.825. The van der Waals surface area contributed by atoms with Crippen molar-refractivity contribution in [2.75, 3.05) is 5.32 Å². The highest BCUT2D eigenvalue weighted by Crippen LogP contribution is 2.32. The topological polar surface area (TPSA) is 116 Å². The Bertz CT molecular complexity index is 1300. The van der Waals surface area contributed by atoms with Crippen LogP contribution < -0.4 is 15.2 Å². The number of carbonyl (C=O) groups excluding carboxylic acids is 2. The van der Waals surface area contributed by atoms with Crippen molar-refractivity contribution in [3.8, 4) is 11.5 Å². The first kappa shape index (κ1) is 24.7. The van der Waals surface area contributed by atoms with Gasteiger partial charge in [-0.2, -0.15) is 0 Å². The Morgan fingerprint density at radius 2 is 1.55 bits per heavy atom. The molecule has 0 aliphatic carbocycles. The van der Waals surface area contributed by atoms with Crippen molar-refractivity contribution in [3.05, 3.63) is 81.8 Å². The van der Waals surface area contributed by atoms with Crippen molar-refractivity contribution in [2.45, 2.75) is 18.7 Å². The molecule has 0 bridgehead atoms. The number of benzene rings is 3. The number of ketones is 1. The van der Waals surface area contributed by atoms with Crippen molar-refractivity contribution < 1.29 is 22.7 Å². The van der Waals surface area contributed by atoms with Crippen LogP contribution >= 0.6 is 23.2 Å². The fourth-order valence-electron chi connectivity index (χ4n) is 2.81. The van der Waals surface area contributed by atoms with Crippen molar-refractivity contribution in [3.63, 3.8) is 0 Å². The number of halogens is 2. The normalized spacial score (nSPS) is 11.3. The minimum atomic E-state index is -4.03. The number of hydrogen-bond donors (Lipinski definition) is 2. The Labute approximate surface area is 201 Å². The minimum Gasteiger partial charge on any atom is -0.457 e. The molecule has 33 heavy (non-hydrogen) atoms. The van der Waals surface area contributed by atoms with Gasteiger partial charge in [-0.25, -0.2) is 13.6 Å². The molecule has 0 spiro atoms. The van der Waals surface area contributed by atoms with E-state index in [0.717, 1.165) is 12.1 Å². The summed E-state index contributed by atoms with van der Waals surface area (Å²) in [6.07, 6.45) is 0. The Morgan fingerprint density at radius 3 is 2.09 bits per heavy atom. The second kappa shape index (κ2) is 9.93. The summed E-state index contributed by atoms with van der Waals surface area (Å²) in [6, 6.07) is 15.3. The van der Waals surface area contributed by atoms with Crippen molar-refractivity contribution in [1.82, 2.24) is 0 Å². The van der Waals surface area contributed by atoms with Crippen LogP contribution in [-0.4, -0.2) is 20.1 Å². The summed E-state index contributed by atoms with van der Waals surface area (Å²) in [5, 5.41) is 7.62. The van der Waals surface area contributed by atoms with E-state index in [9.17, 15) is 18.0 Å². The van der Waals surface area contributed by atoms with E-state index >= 15 is 0 Å². The van der Waals surface area contributed by atoms with Gasteiger partial charge in [0.15, 0.2) is 5.78 Å². The number of hydrogen-bond acceptors (Lipinski definition) is 5. The minimum absolute atomic E-state index is 0.0480. The van der Waals surface area contributed by atoms with E-state index < -0.39 is 15.8 Å². The van der Waals surface area contributed by atoms with Crippen LogP contribution in [0.2, 0.25) is 10.0 Å². The Balaban J connectivity index is 1.82. The Hall–Kier alpha value is -2.91. The lowest BCUT2D eigenvalue weighted by Crippen LogP contribution is -2.17. The first-order valence-corrected chi connectivity index (χ1v) is 12.0. The molecule has 3 aromatic carbocycles. The molecular weight excluding hydrogens is 487 g/mol. The molecule has 0 heterocycles. The number of nitrogens with two attached hydrogens (primary N) is 1. The van der Waals surface area contributed by atoms with Gasteiger partial charge in [-0.1, -0.05) is 49.2 Å². The highest BCUT2D eigenvalue weighted by Gasteiger charge is 2.21. The molecule has 172 valence electrons. The SMILES string of the molecule is CC(C)C(=O)Nc1ccc(Oc2cccc(C(=O)c3c(Cl)cc(S(N)(=O)=O)cc3Cl)c2)cc1. The number of sulfonamides is 1. The molecule has 0 radical (unpaired) electrons. The van der Waals surface area contributed by atoms with E-state index in [0.29, 0.717) is 17.2 Å². The van der Waals surface area contributed by atoms with Crippen LogP contribution in [0, 0.1) is 5.92 Å².